The number of hydrogen-bond donors (Lipinski definition) is 1. The summed E-state index contributed by atoms with van der Waals surface area (Å²) in [5, 5.41) is 10.8. The molecule has 0 bridgehead atoms. The van der Waals surface area contributed by atoms with E-state index in [1.54, 1.807) is 0 Å². The maximum absolute atomic E-state index is 12.3. The average molecular weight is 390 g/mol. The van der Waals surface area contributed by atoms with E-state index in [0.29, 0.717) is 30.8 Å². The van der Waals surface area contributed by atoms with E-state index in [9.17, 15) is 9.90 Å². The van der Waals surface area contributed by atoms with Crippen molar-refractivity contribution in [1.29, 1.82) is 0 Å². The molecular formula is C24H26N2O3. The number of hydrogen-bond acceptors (Lipinski definition) is 5. The molecule has 5 nitrogen and oxygen atoms in total. The first-order valence-corrected chi connectivity index (χ1v) is 9.94. The van der Waals surface area contributed by atoms with Crippen LogP contribution in [0.15, 0.2) is 70.1 Å². The Morgan fingerprint density at radius 2 is 1.76 bits per heavy atom. The summed E-state index contributed by atoms with van der Waals surface area (Å²) in [6.07, 6.45) is 2.39. The molecule has 2 heterocycles. The molecule has 0 atom stereocenters. The first-order valence-electron chi connectivity index (χ1n) is 9.94. The zero-order valence-electron chi connectivity index (χ0n) is 16.7. The third kappa shape index (κ3) is 4.58. The lowest BCUT2D eigenvalue weighted by atomic mass is 9.99. The van der Waals surface area contributed by atoms with E-state index in [0.717, 1.165) is 25.1 Å². The summed E-state index contributed by atoms with van der Waals surface area (Å²) < 4.78 is 5.26. The summed E-state index contributed by atoms with van der Waals surface area (Å²) in [5.41, 5.74) is 4.36. The van der Waals surface area contributed by atoms with Gasteiger partial charge in [0.1, 0.15) is 12.0 Å². The summed E-state index contributed by atoms with van der Waals surface area (Å²) in [6, 6.07) is 18.5. The largest absolute Gasteiger partial charge is 0.507 e. The Hall–Kier alpha value is -2.89. The highest BCUT2D eigenvalue weighted by molar-refractivity contribution is 5.37. The van der Waals surface area contributed by atoms with E-state index in [1.807, 2.05) is 42.3 Å². The van der Waals surface area contributed by atoms with Crippen molar-refractivity contribution in [1.82, 2.24) is 9.80 Å². The fourth-order valence-electron chi connectivity index (χ4n) is 3.94. The van der Waals surface area contributed by atoms with Gasteiger partial charge in [0.25, 0.3) is 0 Å². The molecule has 0 aliphatic carbocycles. The van der Waals surface area contributed by atoms with Gasteiger partial charge in [0, 0.05) is 38.3 Å². The molecule has 0 unspecified atom stereocenters. The average Bonchev–Trinajstić information content (AvgIpc) is 2.74. The van der Waals surface area contributed by atoms with Crippen molar-refractivity contribution in [2.75, 3.05) is 13.6 Å². The van der Waals surface area contributed by atoms with E-state index in [1.165, 1.54) is 17.4 Å². The quantitative estimate of drug-likeness (QED) is 0.698. The van der Waals surface area contributed by atoms with Gasteiger partial charge in [-0.1, -0.05) is 54.6 Å². The molecule has 2 aromatic carbocycles. The Bertz CT molecular complexity index is 1030. The molecule has 1 aliphatic heterocycles. The molecule has 1 N–H and O–H groups in total. The van der Waals surface area contributed by atoms with Crippen molar-refractivity contribution < 1.29 is 9.52 Å². The van der Waals surface area contributed by atoms with Crippen LogP contribution in [0.4, 0.5) is 0 Å². The van der Waals surface area contributed by atoms with Gasteiger partial charge >= 0.3 is 5.63 Å². The zero-order valence-corrected chi connectivity index (χ0v) is 16.7. The number of rotatable bonds is 6. The van der Waals surface area contributed by atoms with Crippen LogP contribution >= 0.6 is 0 Å². The minimum Gasteiger partial charge on any atom is -0.507 e. The maximum Gasteiger partial charge on any atom is 0.343 e. The topological polar surface area (TPSA) is 56.9 Å². The Kier molecular flexibility index (Phi) is 5.79. The van der Waals surface area contributed by atoms with Crippen molar-refractivity contribution in [3.8, 4) is 5.75 Å². The fraction of sp³-hybridized carbons (Fsp3) is 0.292. The Morgan fingerprint density at radius 1 is 1.03 bits per heavy atom. The minimum atomic E-state index is -0.477. The highest BCUT2D eigenvalue weighted by atomic mass is 16.4. The summed E-state index contributed by atoms with van der Waals surface area (Å²) in [4.78, 5) is 16.5. The van der Waals surface area contributed by atoms with Gasteiger partial charge in [-0.3, -0.25) is 9.80 Å². The molecule has 0 spiro atoms. The molecule has 5 heteroatoms. The normalized spacial score (nSPS) is 14.1. The predicted octanol–water partition coefficient (Wildman–Crippen LogP) is 3.54. The van der Waals surface area contributed by atoms with Crippen LogP contribution in [0.2, 0.25) is 0 Å². The molecule has 150 valence electrons. The molecule has 1 aliphatic rings. The van der Waals surface area contributed by atoms with Crippen LogP contribution in [0, 0.1) is 0 Å². The Morgan fingerprint density at radius 3 is 2.55 bits per heavy atom. The third-order valence-electron chi connectivity index (χ3n) is 5.47. The summed E-state index contributed by atoms with van der Waals surface area (Å²) in [5.74, 6) is 0.0556. The van der Waals surface area contributed by atoms with Crippen molar-refractivity contribution in [2.45, 2.75) is 32.6 Å². The van der Waals surface area contributed by atoms with Crippen molar-refractivity contribution in [3.63, 3.8) is 0 Å². The van der Waals surface area contributed by atoms with Gasteiger partial charge < -0.3 is 9.52 Å². The van der Waals surface area contributed by atoms with Gasteiger partial charge in [-0.15, -0.1) is 0 Å². The number of fused-ring (bicyclic) bond motifs is 1. The molecule has 0 fully saturated rings. The van der Waals surface area contributed by atoms with E-state index in [-0.39, 0.29) is 5.75 Å². The maximum atomic E-state index is 12.3. The fourth-order valence-corrected chi connectivity index (χ4v) is 3.94. The smallest absolute Gasteiger partial charge is 0.343 e. The molecule has 0 amide bonds. The van der Waals surface area contributed by atoms with Gasteiger partial charge in [0.2, 0.25) is 0 Å². The second-order valence-electron chi connectivity index (χ2n) is 7.76. The van der Waals surface area contributed by atoms with Crippen LogP contribution in [0.25, 0.3) is 0 Å². The van der Waals surface area contributed by atoms with Gasteiger partial charge in [-0.2, -0.15) is 0 Å². The highest BCUT2D eigenvalue weighted by Gasteiger charge is 2.20. The molecule has 4 rings (SSSR count). The van der Waals surface area contributed by atoms with Gasteiger partial charge in [-0.05, 0) is 30.2 Å². The lowest BCUT2D eigenvalue weighted by Gasteiger charge is -2.29. The summed E-state index contributed by atoms with van der Waals surface area (Å²) in [7, 11) is 1.93. The molecule has 0 saturated carbocycles. The lowest BCUT2D eigenvalue weighted by Crippen LogP contribution is -2.30. The monoisotopic (exact) mass is 390 g/mol. The summed E-state index contributed by atoms with van der Waals surface area (Å²) >= 11 is 0. The van der Waals surface area contributed by atoms with E-state index >= 15 is 0 Å². The van der Waals surface area contributed by atoms with E-state index < -0.39 is 5.63 Å². The number of aromatic hydroxyl groups is 1. The van der Waals surface area contributed by atoms with Crippen LogP contribution in [0.5, 0.6) is 5.75 Å². The van der Waals surface area contributed by atoms with Crippen LogP contribution in [-0.2, 0) is 32.6 Å². The molecular weight excluding hydrogens is 364 g/mol. The van der Waals surface area contributed by atoms with Crippen LogP contribution < -0.4 is 5.63 Å². The minimum absolute atomic E-state index is 0.0556. The number of benzene rings is 2. The van der Waals surface area contributed by atoms with Crippen molar-refractivity contribution in [2.24, 2.45) is 0 Å². The van der Waals surface area contributed by atoms with Crippen LogP contribution in [0.3, 0.4) is 0 Å². The van der Waals surface area contributed by atoms with Gasteiger partial charge in [-0.25, -0.2) is 4.79 Å². The van der Waals surface area contributed by atoms with Gasteiger partial charge in [0.05, 0.1) is 5.56 Å². The van der Waals surface area contributed by atoms with Gasteiger partial charge in [0.15, 0.2) is 0 Å². The zero-order chi connectivity index (χ0) is 20.2. The van der Waals surface area contributed by atoms with Crippen LogP contribution in [-0.4, -0.2) is 28.5 Å². The summed E-state index contributed by atoms with van der Waals surface area (Å²) in [6.45, 7) is 3.32. The second-order valence-corrected chi connectivity index (χ2v) is 7.76. The predicted molar refractivity (Wildman–Crippen MR) is 113 cm³/mol. The molecule has 29 heavy (non-hydrogen) atoms. The second kappa shape index (κ2) is 8.64. The lowest BCUT2D eigenvalue weighted by molar-refractivity contribution is 0.237. The first kappa shape index (κ1) is 19.4. The SMILES string of the molecule is CN(Cc1ccccc1)Cc1c(O)c(CN2CCc3ccccc3C2)coc1=O. The highest BCUT2D eigenvalue weighted by Crippen LogP contribution is 2.26. The Balaban J connectivity index is 1.48. The van der Waals surface area contributed by atoms with E-state index in [4.69, 9.17) is 4.42 Å². The molecule has 0 radical (unpaired) electrons. The molecule has 3 aromatic rings. The van der Waals surface area contributed by atoms with Crippen molar-refractivity contribution >= 4 is 0 Å². The number of nitrogens with zero attached hydrogens (tertiary/aromatic N) is 2. The molecule has 0 saturated heterocycles. The van der Waals surface area contributed by atoms with Crippen LogP contribution in [0.1, 0.15) is 27.8 Å². The first-order chi connectivity index (χ1) is 14.1. The van der Waals surface area contributed by atoms with E-state index in [2.05, 4.69) is 29.2 Å². The van der Waals surface area contributed by atoms with Crippen molar-refractivity contribution in [3.05, 3.63) is 99.1 Å². The third-order valence-corrected chi connectivity index (χ3v) is 5.47. The molecule has 1 aromatic heterocycles. The standard InChI is InChI=1S/C24H26N2O3/c1-25(13-18-7-3-2-4-8-18)16-22-23(27)21(17-29-24(22)28)15-26-12-11-19-9-5-6-10-20(19)14-26/h2-10,17,27H,11-16H2,1H3. The Labute approximate surface area is 170 Å².